The minimum Gasteiger partial charge on any atom is -0.383 e. The Morgan fingerprint density at radius 2 is 2.03 bits per heavy atom. The maximum absolute atomic E-state index is 13.3. The van der Waals surface area contributed by atoms with Crippen LogP contribution in [0.3, 0.4) is 0 Å². The first-order valence-corrected chi connectivity index (χ1v) is 11.1. The van der Waals surface area contributed by atoms with Crippen molar-refractivity contribution in [3.05, 3.63) is 57.2 Å². The van der Waals surface area contributed by atoms with Gasteiger partial charge in [-0.1, -0.05) is 43.6 Å². The molecular weight excluding hydrogens is 422 g/mol. The molecule has 2 aromatic rings. The first-order valence-electron chi connectivity index (χ1n) is 9.87. The quantitative estimate of drug-likeness (QED) is 0.609. The van der Waals surface area contributed by atoms with E-state index in [0.717, 1.165) is 16.2 Å². The molecule has 1 atom stereocenters. The van der Waals surface area contributed by atoms with E-state index in [9.17, 15) is 9.59 Å². The van der Waals surface area contributed by atoms with Crippen LogP contribution in [-0.4, -0.2) is 54.2 Å². The summed E-state index contributed by atoms with van der Waals surface area (Å²) in [7, 11) is 1.58. The van der Waals surface area contributed by atoms with Gasteiger partial charge in [0, 0.05) is 31.0 Å². The Bertz CT molecular complexity index is 897. The molecule has 1 aliphatic rings. The molecule has 0 saturated heterocycles. The highest BCUT2D eigenvalue weighted by Gasteiger charge is 2.34. The van der Waals surface area contributed by atoms with Crippen molar-refractivity contribution in [3.63, 3.8) is 0 Å². The van der Waals surface area contributed by atoms with Crippen molar-refractivity contribution in [2.45, 2.75) is 26.3 Å². The fraction of sp³-hybridized carbons (Fsp3) is 0.409. The molecule has 8 heteroatoms. The second-order valence-corrected chi connectivity index (χ2v) is 8.83. The Labute approximate surface area is 186 Å². The number of hydrazone groups is 1. The lowest BCUT2D eigenvalue weighted by Crippen LogP contribution is -2.44. The summed E-state index contributed by atoms with van der Waals surface area (Å²) >= 11 is 7.64. The zero-order valence-corrected chi connectivity index (χ0v) is 18.9. The van der Waals surface area contributed by atoms with Crippen molar-refractivity contribution >= 4 is 40.5 Å². The predicted molar refractivity (Wildman–Crippen MR) is 120 cm³/mol. The summed E-state index contributed by atoms with van der Waals surface area (Å²) in [6.45, 7) is 4.35. The smallest absolute Gasteiger partial charge is 0.262 e. The fourth-order valence-electron chi connectivity index (χ4n) is 3.35. The molecule has 3 rings (SSSR count). The molecule has 160 valence electrons. The van der Waals surface area contributed by atoms with E-state index in [-0.39, 0.29) is 30.3 Å². The summed E-state index contributed by atoms with van der Waals surface area (Å²) in [5.74, 6) is -0.498. The monoisotopic (exact) mass is 447 g/mol. The van der Waals surface area contributed by atoms with Crippen LogP contribution >= 0.6 is 22.9 Å². The number of methoxy groups -OCH3 is 1. The van der Waals surface area contributed by atoms with Gasteiger partial charge in [0.05, 0.1) is 23.2 Å². The molecule has 30 heavy (non-hydrogen) atoms. The lowest BCUT2D eigenvalue weighted by molar-refractivity contribution is -0.143. The summed E-state index contributed by atoms with van der Waals surface area (Å²) in [4.78, 5) is 28.5. The Balaban J connectivity index is 1.86. The van der Waals surface area contributed by atoms with Gasteiger partial charge in [-0.3, -0.25) is 9.59 Å². The molecule has 1 aromatic carbocycles. The van der Waals surface area contributed by atoms with Gasteiger partial charge in [0.15, 0.2) is 0 Å². The Kier molecular flexibility index (Phi) is 7.64. The number of hydrogen-bond acceptors (Lipinski definition) is 5. The lowest BCUT2D eigenvalue weighted by atomic mass is 10.0. The molecule has 0 radical (unpaired) electrons. The minimum atomic E-state index is -0.231. The third kappa shape index (κ3) is 5.28. The molecule has 6 nitrogen and oxygen atoms in total. The van der Waals surface area contributed by atoms with Crippen LogP contribution in [0.15, 0.2) is 46.9 Å². The highest BCUT2D eigenvalue weighted by atomic mass is 35.5. The maximum Gasteiger partial charge on any atom is 0.262 e. The number of rotatable bonds is 8. The molecule has 0 aliphatic carbocycles. The third-order valence-electron chi connectivity index (χ3n) is 4.92. The number of benzene rings is 1. The molecule has 0 fully saturated rings. The van der Waals surface area contributed by atoms with Crippen LogP contribution in [0.4, 0.5) is 0 Å². The molecule has 0 bridgehead atoms. The van der Waals surface area contributed by atoms with Gasteiger partial charge < -0.3 is 9.64 Å². The largest absolute Gasteiger partial charge is 0.383 e. The molecular formula is C22H26ClN3O3S. The number of ether oxygens (including phenoxy) is 1. The average Bonchev–Trinajstić information content (AvgIpc) is 3.40. The normalized spacial score (nSPS) is 16.1. The van der Waals surface area contributed by atoms with Crippen molar-refractivity contribution in [2.24, 2.45) is 11.0 Å². The maximum atomic E-state index is 13.3. The van der Waals surface area contributed by atoms with Crippen LogP contribution in [0.25, 0.3) is 0 Å². The summed E-state index contributed by atoms with van der Waals surface area (Å²) < 4.78 is 5.12. The highest BCUT2D eigenvalue weighted by molar-refractivity contribution is 7.12. The molecule has 1 aromatic heterocycles. The number of amides is 2. The number of carbonyl (C=O) groups is 2. The van der Waals surface area contributed by atoms with Gasteiger partial charge in [-0.05, 0) is 29.1 Å². The van der Waals surface area contributed by atoms with E-state index in [0.29, 0.717) is 24.6 Å². The van der Waals surface area contributed by atoms with Crippen LogP contribution in [0.2, 0.25) is 5.02 Å². The van der Waals surface area contributed by atoms with Gasteiger partial charge in [-0.15, -0.1) is 11.3 Å². The van der Waals surface area contributed by atoms with Gasteiger partial charge in [0.25, 0.3) is 5.91 Å². The second kappa shape index (κ2) is 10.2. The Morgan fingerprint density at radius 3 is 2.63 bits per heavy atom. The zero-order chi connectivity index (χ0) is 21.7. The molecule has 0 spiro atoms. The van der Waals surface area contributed by atoms with Gasteiger partial charge in [-0.25, -0.2) is 5.01 Å². The van der Waals surface area contributed by atoms with Crippen molar-refractivity contribution < 1.29 is 14.3 Å². The molecule has 2 heterocycles. The van der Waals surface area contributed by atoms with Gasteiger partial charge >= 0.3 is 0 Å². The van der Waals surface area contributed by atoms with Crippen molar-refractivity contribution in [3.8, 4) is 0 Å². The topological polar surface area (TPSA) is 62.2 Å². The van der Waals surface area contributed by atoms with Gasteiger partial charge in [0.2, 0.25) is 5.91 Å². The molecule has 2 amide bonds. The van der Waals surface area contributed by atoms with E-state index in [2.05, 4.69) is 5.10 Å². The lowest BCUT2D eigenvalue weighted by Gasteiger charge is -2.28. The number of nitrogens with zero attached hydrogens (tertiary/aromatic N) is 3. The van der Waals surface area contributed by atoms with Crippen molar-refractivity contribution in [1.29, 1.82) is 0 Å². The van der Waals surface area contributed by atoms with E-state index < -0.39 is 0 Å². The van der Waals surface area contributed by atoms with E-state index in [1.54, 1.807) is 23.3 Å². The SMILES string of the molecule is COCCN(CC(=O)N1N=C(c2cccs2)C[C@@H]1c1ccc(Cl)cc1)C(=O)C(C)C. The van der Waals surface area contributed by atoms with Crippen LogP contribution in [0.5, 0.6) is 0 Å². The van der Waals surface area contributed by atoms with Gasteiger partial charge in [-0.2, -0.15) is 5.10 Å². The number of thiophene rings is 1. The second-order valence-electron chi connectivity index (χ2n) is 7.44. The van der Waals surface area contributed by atoms with Crippen LogP contribution in [-0.2, 0) is 14.3 Å². The number of halogens is 1. The van der Waals surface area contributed by atoms with Crippen LogP contribution in [0.1, 0.15) is 36.8 Å². The first kappa shape index (κ1) is 22.5. The van der Waals surface area contributed by atoms with Crippen molar-refractivity contribution in [1.82, 2.24) is 9.91 Å². The summed E-state index contributed by atoms with van der Waals surface area (Å²) in [5, 5.41) is 8.81. The van der Waals surface area contributed by atoms with Crippen molar-refractivity contribution in [2.75, 3.05) is 26.8 Å². The van der Waals surface area contributed by atoms with Gasteiger partial charge in [0.1, 0.15) is 6.54 Å². The number of carbonyl (C=O) groups excluding carboxylic acids is 2. The predicted octanol–water partition coefficient (Wildman–Crippen LogP) is 4.21. The van der Waals surface area contributed by atoms with E-state index in [4.69, 9.17) is 16.3 Å². The molecule has 0 saturated carbocycles. The summed E-state index contributed by atoms with van der Waals surface area (Å²) in [5.41, 5.74) is 1.83. The molecule has 0 N–H and O–H groups in total. The Morgan fingerprint density at radius 1 is 1.30 bits per heavy atom. The van der Waals surface area contributed by atoms with Crippen LogP contribution in [0, 0.1) is 5.92 Å². The first-order chi connectivity index (χ1) is 14.4. The van der Waals surface area contributed by atoms with Crippen LogP contribution < -0.4 is 0 Å². The third-order valence-corrected chi connectivity index (χ3v) is 6.09. The average molecular weight is 448 g/mol. The Hall–Kier alpha value is -2.22. The molecule has 0 unspecified atom stereocenters. The van der Waals surface area contributed by atoms with E-state index in [1.807, 2.05) is 55.6 Å². The summed E-state index contributed by atoms with van der Waals surface area (Å²) in [6, 6.07) is 11.2. The van der Waals surface area contributed by atoms with E-state index in [1.165, 1.54) is 5.01 Å². The molecule has 1 aliphatic heterocycles. The van der Waals surface area contributed by atoms with E-state index >= 15 is 0 Å². The zero-order valence-electron chi connectivity index (χ0n) is 17.4. The fourth-order valence-corrected chi connectivity index (χ4v) is 4.19. The number of hydrogen-bond donors (Lipinski definition) is 0. The minimum absolute atomic E-state index is 0.0360. The highest BCUT2D eigenvalue weighted by Crippen LogP contribution is 2.34. The standard InChI is InChI=1S/C22H26ClN3O3S/c1-15(2)22(28)25(10-11-29-3)14-21(27)26-19(16-6-8-17(23)9-7-16)13-18(24-26)20-5-4-12-30-20/h4-9,12,15,19H,10-11,13-14H2,1-3H3/t19-/m1/s1. The summed E-state index contributed by atoms with van der Waals surface area (Å²) in [6.07, 6.45) is 0.615.